The third kappa shape index (κ3) is 1.69. The quantitative estimate of drug-likeness (QED) is 0.782. The Hall–Kier alpha value is -1.81. The molecular formula is C17H19NO3. The highest BCUT2D eigenvalue weighted by molar-refractivity contribution is 5.91. The first-order valence-electron chi connectivity index (χ1n) is 7.58. The monoisotopic (exact) mass is 285 g/mol. The van der Waals surface area contributed by atoms with Crippen molar-refractivity contribution in [3.8, 4) is 11.5 Å². The second-order valence-corrected chi connectivity index (χ2v) is 5.98. The summed E-state index contributed by atoms with van der Waals surface area (Å²) in [6.45, 7) is 6.06. The lowest BCUT2D eigenvalue weighted by molar-refractivity contribution is -0.136. The van der Waals surface area contributed by atoms with Crippen molar-refractivity contribution in [2.75, 3.05) is 19.9 Å². The highest BCUT2D eigenvalue weighted by Gasteiger charge is 2.49. The molecule has 3 aliphatic heterocycles. The van der Waals surface area contributed by atoms with Gasteiger partial charge in [0, 0.05) is 13.0 Å². The zero-order valence-electron chi connectivity index (χ0n) is 12.1. The average molecular weight is 285 g/mol. The van der Waals surface area contributed by atoms with Gasteiger partial charge in [-0.05, 0) is 49.1 Å². The molecule has 0 N–H and O–H groups in total. The molecule has 0 aliphatic carbocycles. The number of Topliss-reactive ketones (excluding diaryl/α,β-unsaturated/α-hetero) is 1. The SMILES string of the molecule is C=CCC12C(=O)CCCN1CCc1cc3c(cc12)OCO3. The first kappa shape index (κ1) is 12.9. The largest absolute Gasteiger partial charge is 0.454 e. The maximum Gasteiger partial charge on any atom is 0.231 e. The number of hydrogen-bond acceptors (Lipinski definition) is 4. The maximum absolute atomic E-state index is 12.8. The summed E-state index contributed by atoms with van der Waals surface area (Å²) in [4.78, 5) is 15.2. The maximum atomic E-state index is 12.8. The summed E-state index contributed by atoms with van der Waals surface area (Å²) >= 11 is 0. The van der Waals surface area contributed by atoms with Gasteiger partial charge < -0.3 is 9.47 Å². The van der Waals surface area contributed by atoms with Gasteiger partial charge in [0.15, 0.2) is 17.3 Å². The second-order valence-electron chi connectivity index (χ2n) is 5.98. The van der Waals surface area contributed by atoms with Crippen LogP contribution in [0, 0.1) is 0 Å². The lowest BCUT2D eigenvalue weighted by atomic mass is 9.72. The Morgan fingerprint density at radius 1 is 1.24 bits per heavy atom. The van der Waals surface area contributed by atoms with E-state index in [4.69, 9.17) is 9.47 Å². The van der Waals surface area contributed by atoms with E-state index in [9.17, 15) is 4.79 Å². The van der Waals surface area contributed by atoms with Crippen LogP contribution in [0.25, 0.3) is 0 Å². The van der Waals surface area contributed by atoms with Gasteiger partial charge in [-0.3, -0.25) is 9.69 Å². The normalized spacial score (nSPS) is 27.1. The summed E-state index contributed by atoms with van der Waals surface area (Å²) in [5.74, 6) is 1.88. The Morgan fingerprint density at radius 3 is 2.86 bits per heavy atom. The van der Waals surface area contributed by atoms with Crippen molar-refractivity contribution in [3.63, 3.8) is 0 Å². The topological polar surface area (TPSA) is 38.8 Å². The number of carbonyl (C=O) groups is 1. The molecule has 0 radical (unpaired) electrons. The molecule has 1 atom stereocenters. The van der Waals surface area contributed by atoms with Crippen molar-refractivity contribution in [2.45, 2.75) is 31.2 Å². The van der Waals surface area contributed by atoms with Crippen LogP contribution in [-0.4, -0.2) is 30.6 Å². The van der Waals surface area contributed by atoms with Gasteiger partial charge in [0.2, 0.25) is 6.79 Å². The average Bonchev–Trinajstić information content (AvgIpc) is 2.94. The number of piperidine rings is 1. The van der Waals surface area contributed by atoms with Crippen LogP contribution in [0.2, 0.25) is 0 Å². The fraction of sp³-hybridized carbons (Fsp3) is 0.471. The van der Waals surface area contributed by atoms with Crippen molar-refractivity contribution in [2.24, 2.45) is 0 Å². The highest BCUT2D eigenvalue weighted by Crippen LogP contribution is 2.47. The second kappa shape index (κ2) is 4.60. The van der Waals surface area contributed by atoms with E-state index >= 15 is 0 Å². The number of ketones is 1. The van der Waals surface area contributed by atoms with Gasteiger partial charge in [-0.25, -0.2) is 0 Å². The smallest absolute Gasteiger partial charge is 0.231 e. The number of fused-ring (bicyclic) bond motifs is 4. The fourth-order valence-corrected chi connectivity index (χ4v) is 4.02. The summed E-state index contributed by atoms with van der Waals surface area (Å²) in [5, 5.41) is 0. The molecule has 3 heterocycles. The molecule has 4 heteroatoms. The summed E-state index contributed by atoms with van der Waals surface area (Å²) in [5.41, 5.74) is 1.78. The molecule has 110 valence electrons. The van der Waals surface area contributed by atoms with E-state index in [1.165, 1.54) is 5.56 Å². The van der Waals surface area contributed by atoms with Crippen LogP contribution >= 0.6 is 0 Å². The number of ether oxygens (including phenoxy) is 2. The Bertz CT molecular complexity index is 625. The molecule has 0 amide bonds. The van der Waals surface area contributed by atoms with Crippen molar-refractivity contribution in [1.82, 2.24) is 4.90 Å². The minimum atomic E-state index is -0.533. The number of carbonyl (C=O) groups excluding carboxylic acids is 1. The third-order valence-corrected chi connectivity index (χ3v) is 4.97. The van der Waals surface area contributed by atoms with Crippen molar-refractivity contribution in [1.29, 1.82) is 0 Å². The molecule has 21 heavy (non-hydrogen) atoms. The lowest BCUT2D eigenvalue weighted by Gasteiger charge is -2.49. The van der Waals surface area contributed by atoms with Crippen LogP contribution < -0.4 is 9.47 Å². The van der Waals surface area contributed by atoms with Gasteiger partial charge in [-0.2, -0.15) is 0 Å². The van der Waals surface area contributed by atoms with Gasteiger partial charge in [0.05, 0.1) is 0 Å². The van der Waals surface area contributed by atoms with Crippen LogP contribution in [0.3, 0.4) is 0 Å². The predicted molar refractivity (Wildman–Crippen MR) is 78.6 cm³/mol. The molecule has 0 spiro atoms. The van der Waals surface area contributed by atoms with E-state index in [0.717, 1.165) is 43.0 Å². The van der Waals surface area contributed by atoms with Gasteiger partial charge in [-0.1, -0.05) is 6.08 Å². The molecule has 1 unspecified atom stereocenters. The van der Waals surface area contributed by atoms with Crippen LogP contribution in [0.5, 0.6) is 11.5 Å². The van der Waals surface area contributed by atoms with Crippen LogP contribution in [0.15, 0.2) is 24.8 Å². The first-order chi connectivity index (χ1) is 10.3. The number of hydrogen-bond donors (Lipinski definition) is 0. The van der Waals surface area contributed by atoms with E-state index in [2.05, 4.69) is 17.5 Å². The molecule has 1 aromatic carbocycles. The van der Waals surface area contributed by atoms with E-state index in [-0.39, 0.29) is 6.79 Å². The zero-order valence-corrected chi connectivity index (χ0v) is 12.1. The third-order valence-electron chi connectivity index (χ3n) is 4.97. The molecule has 0 aromatic heterocycles. The van der Waals surface area contributed by atoms with Gasteiger partial charge in [-0.15, -0.1) is 6.58 Å². The van der Waals surface area contributed by atoms with Crippen LogP contribution in [0.4, 0.5) is 0 Å². The predicted octanol–water partition coefficient (Wildman–Crippen LogP) is 2.41. The molecule has 3 aliphatic rings. The molecule has 0 saturated carbocycles. The van der Waals surface area contributed by atoms with Crippen molar-refractivity contribution >= 4 is 5.78 Å². The first-order valence-corrected chi connectivity index (χ1v) is 7.58. The van der Waals surface area contributed by atoms with Crippen molar-refractivity contribution in [3.05, 3.63) is 35.9 Å². The van der Waals surface area contributed by atoms with Gasteiger partial charge in [0.1, 0.15) is 5.54 Å². The van der Waals surface area contributed by atoms with Gasteiger partial charge >= 0.3 is 0 Å². The summed E-state index contributed by atoms with van der Waals surface area (Å²) in [7, 11) is 0. The molecule has 1 saturated heterocycles. The van der Waals surface area contributed by atoms with Crippen molar-refractivity contribution < 1.29 is 14.3 Å². The van der Waals surface area contributed by atoms with Gasteiger partial charge in [0.25, 0.3) is 0 Å². The Balaban J connectivity index is 1.92. The van der Waals surface area contributed by atoms with Crippen LogP contribution in [-0.2, 0) is 16.8 Å². The number of nitrogens with zero attached hydrogens (tertiary/aromatic N) is 1. The highest BCUT2D eigenvalue weighted by atomic mass is 16.7. The van der Waals surface area contributed by atoms with E-state index in [1.807, 2.05) is 12.1 Å². The number of benzene rings is 1. The number of rotatable bonds is 2. The molecule has 4 rings (SSSR count). The standard InChI is InChI=1S/C17H19NO3/c1-2-6-17-13-10-15-14(20-11-21-15)9-12(13)5-8-18(17)7-3-4-16(17)19/h2,9-10H,1,3-8,11H2. The Kier molecular flexibility index (Phi) is 2.82. The van der Waals surface area contributed by atoms with E-state index in [0.29, 0.717) is 18.6 Å². The molecular weight excluding hydrogens is 266 g/mol. The minimum absolute atomic E-state index is 0.268. The summed E-state index contributed by atoms with van der Waals surface area (Å²) < 4.78 is 11.0. The van der Waals surface area contributed by atoms with Crippen LogP contribution in [0.1, 0.15) is 30.4 Å². The van der Waals surface area contributed by atoms with E-state index < -0.39 is 5.54 Å². The molecule has 0 bridgehead atoms. The summed E-state index contributed by atoms with van der Waals surface area (Å²) in [6, 6.07) is 4.08. The molecule has 1 aromatic rings. The van der Waals surface area contributed by atoms with E-state index in [1.54, 1.807) is 0 Å². The minimum Gasteiger partial charge on any atom is -0.454 e. The molecule has 4 nitrogen and oxygen atoms in total. The zero-order chi connectivity index (χ0) is 14.4. The fourth-order valence-electron chi connectivity index (χ4n) is 4.02. The lowest BCUT2D eigenvalue weighted by Crippen LogP contribution is -2.58. The Morgan fingerprint density at radius 2 is 2.05 bits per heavy atom. The molecule has 1 fully saturated rings. The Labute approximate surface area is 124 Å². The summed E-state index contributed by atoms with van der Waals surface area (Å²) in [6.07, 6.45) is 5.10.